The second kappa shape index (κ2) is 8.11. The number of aromatic nitrogens is 2. The molecule has 25 heavy (non-hydrogen) atoms. The van der Waals surface area contributed by atoms with Gasteiger partial charge < -0.3 is 15.6 Å². The third-order valence-corrected chi connectivity index (χ3v) is 4.91. The molecule has 0 fully saturated rings. The normalized spacial score (nSPS) is 11.9. The van der Waals surface area contributed by atoms with E-state index in [4.69, 9.17) is 0 Å². The van der Waals surface area contributed by atoms with E-state index in [0.717, 1.165) is 53.4 Å². The Hall–Kier alpha value is -2.41. The largest absolute Gasteiger partial charge is 0.361 e. The molecule has 3 aromatic rings. The molecule has 0 unspecified atom stereocenters. The summed E-state index contributed by atoms with van der Waals surface area (Å²) in [6.07, 6.45) is 5.50. The third kappa shape index (κ3) is 4.57. The van der Waals surface area contributed by atoms with E-state index in [1.54, 1.807) is 30.5 Å². The van der Waals surface area contributed by atoms with Gasteiger partial charge in [-0.15, -0.1) is 11.3 Å². The van der Waals surface area contributed by atoms with Gasteiger partial charge >= 0.3 is 0 Å². The highest BCUT2D eigenvalue weighted by Crippen LogP contribution is 2.19. The zero-order valence-electron chi connectivity index (χ0n) is 14.4. The van der Waals surface area contributed by atoms with Crippen LogP contribution in [0.4, 0.5) is 4.39 Å². The Morgan fingerprint density at radius 3 is 2.80 bits per heavy atom. The minimum absolute atomic E-state index is 0.212. The number of thiazole rings is 1. The van der Waals surface area contributed by atoms with Crippen LogP contribution in [0.2, 0.25) is 0 Å². The highest BCUT2D eigenvalue weighted by atomic mass is 32.1. The number of nitrogens with one attached hydrogen (secondary N) is 3. The molecule has 0 saturated heterocycles. The molecule has 3 N–H and O–H groups in total. The van der Waals surface area contributed by atoms with Crippen molar-refractivity contribution in [3.05, 3.63) is 51.9 Å². The minimum Gasteiger partial charge on any atom is -0.361 e. The molecule has 0 radical (unpaired) electrons. The Labute approximate surface area is 150 Å². The Kier molecular flexibility index (Phi) is 5.65. The van der Waals surface area contributed by atoms with Crippen molar-refractivity contribution >= 4 is 28.2 Å². The number of hydrogen-bond donors (Lipinski definition) is 3. The molecule has 3 rings (SSSR count). The predicted octanol–water partition coefficient (Wildman–Crippen LogP) is 3.02. The van der Waals surface area contributed by atoms with Crippen LogP contribution in [-0.4, -0.2) is 36.1 Å². The minimum atomic E-state index is -0.212. The number of rotatable bonds is 6. The van der Waals surface area contributed by atoms with Crippen LogP contribution < -0.4 is 10.6 Å². The molecule has 0 aliphatic heterocycles. The van der Waals surface area contributed by atoms with Gasteiger partial charge in [0.2, 0.25) is 0 Å². The van der Waals surface area contributed by atoms with Gasteiger partial charge in [0.15, 0.2) is 5.96 Å². The summed E-state index contributed by atoms with van der Waals surface area (Å²) >= 11 is 1.72. The highest BCUT2D eigenvalue weighted by Gasteiger charge is 2.06. The van der Waals surface area contributed by atoms with Crippen molar-refractivity contribution in [1.29, 1.82) is 0 Å². The van der Waals surface area contributed by atoms with Crippen LogP contribution in [0.5, 0.6) is 0 Å². The second-order valence-electron chi connectivity index (χ2n) is 5.79. The summed E-state index contributed by atoms with van der Waals surface area (Å²) < 4.78 is 13.4. The van der Waals surface area contributed by atoms with Gasteiger partial charge in [-0.3, -0.25) is 4.99 Å². The summed E-state index contributed by atoms with van der Waals surface area (Å²) in [7, 11) is 1.75. The molecule has 132 valence electrons. The van der Waals surface area contributed by atoms with Gasteiger partial charge in [0.25, 0.3) is 0 Å². The van der Waals surface area contributed by atoms with Crippen LogP contribution in [0, 0.1) is 12.7 Å². The van der Waals surface area contributed by atoms with Gasteiger partial charge in [-0.25, -0.2) is 9.37 Å². The molecule has 0 saturated carbocycles. The van der Waals surface area contributed by atoms with Crippen LogP contribution in [0.1, 0.15) is 15.4 Å². The first-order chi connectivity index (χ1) is 12.2. The van der Waals surface area contributed by atoms with Crippen LogP contribution in [0.15, 0.2) is 35.6 Å². The number of halogens is 1. The van der Waals surface area contributed by atoms with Crippen molar-refractivity contribution in [1.82, 2.24) is 20.6 Å². The summed E-state index contributed by atoms with van der Waals surface area (Å²) in [5.74, 6) is 0.551. The van der Waals surface area contributed by atoms with Gasteiger partial charge in [-0.05, 0) is 37.1 Å². The van der Waals surface area contributed by atoms with E-state index < -0.39 is 0 Å². The first-order valence-corrected chi connectivity index (χ1v) is 9.08. The lowest BCUT2D eigenvalue weighted by atomic mass is 10.1. The van der Waals surface area contributed by atoms with Gasteiger partial charge in [0, 0.05) is 54.7 Å². The molecule has 0 spiro atoms. The molecule has 0 amide bonds. The third-order valence-electron chi connectivity index (χ3n) is 3.94. The molecule has 2 aromatic heterocycles. The summed E-state index contributed by atoms with van der Waals surface area (Å²) in [6, 6.07) is 4.81. The molecule has 0 bridgehead atoms. The SMILES string of the molecule is CN=C(NCCc1ncc(C)s1)NCCc1c[nH]c2ccc(F)cc12. The zero-order valence-corrected chi connectivity index (χ0v) is 15.2. The monoisotopic (exact) mass is 359 g/mol. The molecular weight excluding hydrogens is 337 g/mol. The predicted molar refractivity (Wildman–Crippen MR) is 102 cm³/mol. The maximum atomic E-state index is 13.4. The van der Waals surface area contributed by atoms with E-state index >= 15 is 0 Å². The van der Waals surface area contributed by atoms with E-state index in [1.165, 1.54) is 10.9 Å². The number of benzene rings is 1. The average molecular weight is 359 g/mol. The standard InChI is InChI=1S/C18H22FN5S/c1-12-10-24-17(25-12)6-8-22-18(20-2)21-7-5-13-11-23-16-4-3-14(19)9-15(13)16/h3-4,9-11,23H,5-8H2,1-2H3,(H2,20,21,22). The first-order valence-electron chi connectivity index (χ1n) is 8.27. The van der Waals surface area contributed by atoms with E-state index in [-0.39, 0.29) is 5.82 Å². The number of fused-ring (bicyclic) bond motifs is 1. The van der Waals surface area contributed by atoms with E-state index in [0.29, 0.717) is 0 Å². The van der Waals surface area contributed by atoms with Crippen molar-refractivity contribution in [3.63, 3.8) is 0 Å². The van der Waals surface area contributed by atoms with Crippen molar-refractivity contribution in [2.45, 2.75) is 19.8 Å². The average Bonchev–Trinajstić information content (AvgIpc) is 3.19. The first kappa shape index (κ1) is 17.4. The Morgan fingerprint density at radius 2 is 2.08 bits per heavy atom. The Balaban J connectivity index is 1.47. The van der Waals surface area contributed by atoms with E-state index in [2.05, 4.69) is 32.5 Å². The summed E-state index contributed by atoms with van der Waals surface area (Å²) in [5.41, 5.74) is 2.05. The second-order valence-corrected chi connectivity index (χ2v) is 7.11. The van der Waals surface area contributed by atoms with E-state index in [9.17, 15) is 4.39 Å². The van der Waals surface area contributed by atoms with Gasteiger partial charge in [0.1, 0.15) is 5.82 Å². The van der Waals surface area contributed by atoms with Crippen molar-refractivity contribution < 1.29 is 4.39 Å². The lowest BCUT2D eigenvalue weighted by Gasteiger charge is -2.11. The molecule has 0 aliphatic carbocycles. The smallest absolute Gasteiger partial charge is 0.191 e. The van der Waals surface area contributed by atoms with E-state index in [1.807, 2.05) is 12.4 Å². The topological polar surface area (TPSA) is 65.1 Å². The molecule has 0 atom stereocenters. The maximum Gasteiger partial charge on any atom is 0.191 e. The molecule has 5 nitrogen and oxygen atoms in total. The molecular formula is C18H22FN5S. The van der Waals surface area contributed by atoms with Crippen molar-refractivity contribution in [2.75, 3.05) is 20.1 Å². The van der Waals surface area contributed by atoms with Crippen LogP contribution in [-0.2, 0) is 12.8 Å². The quantitative estimate of drug-likeness (QED) is 0.468. The number of nitrogens with zero attached hydrogens (tertiary/aromatic N) is 2. The van der Waals surface area contributed by atoms with Crippen LogP contribution in [0.25, 0.3) is 10.9 Å². The van der Waals surface area contributed by atoms with Crippen molar-refractivity contribution in [2.24, 2.45) is 4.99 Å². The summed E-state index contributed by atoms with van der Waals surface area (Å²) in [4.78, 5) is 13.0. The highest BCUT2D eigenvalue weighted by molar-refractivity contribution is 7.11. The van der Waals surface area contributed by atoms with Crippen LogP contribution >= 0.6 is 11.3 Å². The lowest BCUT2D eigenvalue weighted by molar-refractivity contribution is 0.629. The number of aromatic amines is 1. The number of H-pyrrole nitrogens is 1. The lowest BCUT2D eigenvalue weighted by Crippen LogP contribution is -2.39. The van der Waals surface area contributed by atoms with Gasteiger partial charge in [0.05, 0.1) is 5.01 Å². The fraction of sp³-hybridized carbons (Fsp3) is 0.333. The van der Waals surface area contributed by atoms with Gasteiger partial charge in [-0.1, -0.05) is 0 Å². The molecule has 1 aromatic carbocycles. The maximum absolute atomic E-state index is 13.4. The zero-order chi connectivity index (χ0) is 17.6. The molecule has 2 heterocycles. The number of hydrogen-bond acceptors (Lipinski definition) is 3. The Morgan fingerprint density at radius 1 is 1.28 bits per heavy atom. The summed E-state index contributed by atoms with van der Waals surface area (Å²) in [6.45, 7) is 3.57. The molecule has 7 heteroatoms. The number of guanidine groups is 1. The fourth-order valence-corrected chi connectivity index (χ4v) is 3.49. The van der Waals surface area contributed by atoms with Crippen LogP contribution in [0.3, 0.4) is 0 Å². The summed E-state index contributed by atoms with van der Waals surface area (Å²) in [5, 5.41) is 8.64. The number of aryl methyl sites for hydroxylation is 1. The Bertz CT molecular complexity index is 867. The number of aliphatic imine (C=N–C) groups is 1. The van der Waals surface area contributed by atoms with Gasteiger partial charge in [-0.2, -0.15) is 0 Å². The molecule has 0 aliphatic rings. The fourth-order valence-electron chi connectivity index (χ4n) is 2.70. The van der Waals surface area contributed by atoms with Crippen molar-refractivity contribution in [3.8, 4) is 0 Å².